The molecular formula is C24H34N4O4. The Labute approximate surface area is 189 Å². The van der Waals surface area contributed by atoms with Gasteiger partial charge in [-0.3, -0.25) is 14.4 Å². The lowest BCUT2D eigenvalue weighted by molar-refractivity contribution is -0.138. The largest absolute Gasteiger partial charge is 0.497 e. The summed E-state index contributed by atoms with van der Waals surface area (Å²) < 4.78 is 5.19. The molecule has 4 N–H and O–H groups in total. The van der Waals surface area contributed by atoms with Gasteiger partial charge in [-0.05, 0) is 49.5 Å². The van der Waals surface area contributed by atoms with E-state index in [2.05, 4.69) is 10.6 Å². The number of hydrogen-bond donors (Lipinski definition) is 3. The van der Waals surface area contributed by atoms with Gasteiger partial charge in [0.25, 0.3) is 0 Å². The number of nitrogens with zero attached hydrogens (tertiary/aromatic N) is 1. The van der Waals surface area contributed by atoms with Crippen molar-refractivity contribution in [1.29, 1.82) is 0 Å². The number of nitrogens with two attached hydrogens (primary N) is 1. The molecule has 1 aromatic carbocycles. The van der Waals surface area contributed by atoms with Crippen LogP contribution >= 0.6 is 0 Å². The van der Waals surface area contributed by atoms with Crippen LogP contribution in [0.15, 0.2) is 48.1 Å². The van der Waals surface area contributed by atoms with Gasteiger partial charge in [0.15, 0.2) is 0 Å². The van der Waals surface area contributed by atoms with Crippen molar-refractivity contribution >= 4 is 17.7 Å². The third kappa shape index (κ3) is 8.19. The van der Waals surface area contributed by atoms with Crippen LogP contribution in [0.1, 0.15) is 31.7 Å². The molecule has 8 nitrogen and oxygen atoms in total. The van der Waals surface area contributed by atoms with Crippen LogP contribution in [0.3, 0.4) is 0 Å². The minimum atomic E-state index is -0.623. The third-order valence-corrected chi connectivity index (χ3v) is 5.23. The van der Waals surface area contributed by atoms with Gasteiger partial charge < -0.3 is 26.0 Å². The summed E-state index contributed by atoms with van der Waals surface area (Å²) in [6.45, 7) is 3.10. The minimum absolute atomic E-state index is 0.0312. The van der Waals surface area contributed by atoms with Gasteiger partial charge in [-0.2, -0.15) is 0 Å². The molecule has 174 valence electrons. The Hall–Kier alpha value is -3.13. The highest BCUT2D eigenvalue weighted by Crippen LogP contribution is 2.15. The topological polar surface area (TPSA) is 114 Å². The van der Waals surface area contributed by atoms with E-state index >= 15 is 0 Å². The number of methoxy groups -OCH3 is 1. The predicted octanol–water partition coefficient (Wildman–Crippen LogP) is 1.31. The molecule has 3 amide bonds. The maximum absolute atomic E-state index is 13.0. The van der Waals surface area contributed by atoms with E-state index in [0.717, 1.165) is 24.0 Å². The Bertz CT molecular complexity index is 850. The van der Waals surface area contributed by atoms with Gasteiger partial charge in [0.1, 0.15) is 11.8 Å². The summed E-state index contributed by atoms with van der Waals surface area (Å²) in [6, 6.07) is 6.65. The summed E-state index contributed by atoms with van der Waals surface area (Å²) in [5.74, 6) is -0.0120. The molecular weight excluding hydrogens is 408 g/mol. The Morgan fingerprint density at radius 3 is 2.81 bits per heavy atom. The SMILES string of the molecule is C/C=C\C(=C/CNC(=O)CN1CCCCC(NC(=O)Cc2cccc(OC)c2)C1=O)CN. The summed E-state index contributed by atoms with van der Waals surface area (Å²) in [7, 11) is 1.57. The monoisotopic (exact) mass is 442 g/mol. The summed E-state index contributed by atoms with van der Waals surface area (Å²) in [5, 5.41) is 5.64. The first-order valence-electron chi connectivity index (χ1n) is 11.0. The number of benzene rings is 1. The molecule has 1 aromatic rings. The second-order valence-electron chi connectivity index (χ2n) is 7.69. The molecule has 1 aliphatic rings. The normalized spacial score (nSPS) is 17.2. The Morgan fingerprint density at radius 2 is 2.09 bits per heavy atom. The fraction of sp³-hybridized carbons (Fsp3) is 0.458. The van der Waals surface area contributed by atoms with Crippen LogP contribution in [0.5, 0.6) is 5.75 Å². The van der Waals surface area contributed by atoms with Crippen molar-refractivity contribution in [2.75, 3.05) is 33.3 Å². The van der Waals surface area contributed by atoms with Crippen molar-refractivity contribution in [3.05, 3.63) is 53.6 Å². The Kier molecular flexibility index (Phi) is 10.5. The van der Waals surface area contributed by atoms with Gasteiger partial charge in [-0.15, -0.1) is 0 Å². The van der Waals surface area contributed by atoms with Crippen LogP contribution in [0.4, 0.5) is 0 Å². The van der Waals surface area contributed by atoms with Crippen molar-refractivity contribution in [3.8, 4) is 5.75 Å². The average molecular weight is 443 g/mol. The predicted molar refractivity (Wildman–Crippen MR) is 124 cm³/mol. The molecule has 8 heteroatoms. The lowest BCUT2D eigenvalue weighted by atomic mass is 10.1. The summed E-state index contributed by atoms with van der Waals surface area (Å²) in [5.41, 5.74) is 7.39. The molecule has 0 saturated carbocycles. The number of ether oxygens (including phenoxy) is 1. The van der Waals surface area contributed by atoms with Gasteiger partial charge in [0, 0.05) is 19.6 Å². The zero-order valence-electron chi connectivity index (χ0n) is 18.9. The van der Waals surface area contributed by atoms with Gasteiger partial charge in [-0.25, -0.2) is 0 Å². The molecule has 0 aromatic heterocycles. The maximum atomic E-state index is 13.0. The van der Waals surface area contributed by atoms with Gasteiger partial charge >= 0.3 is 0 Å². The fourth-order valence-corrected chi connectivity index (χ4v) is 3.57. The van der Waals surface area contributed by atoms with Crippen molar-refractivity contribution in [3.63, 3.8) is 0 Å². The maximum Gasteiger partial charge on any atom is 0.245 e. The van der Waals surface area contributed by atoms with E-state index in [0.29, 0.717) is 31.8 Å². The highest BCUT2D eigenvalue weighted by molar-refractivity contribution is 5.91. The number of allylic oxidation sites excluding steroid dienone is 1. The number of hydrogen-bond acceptors (Lipinski definition) is 5. The molecule has 1 unspecified atom stereocenters. The average Bonchev–Trinajstić information content (AvgIpc) is 2.94. The molecule has 0 radical (unpaired) electrons. The molecule has 0 bridgehead atoms. The molecule has 1 fully saturated rings. The number of carbonyl (C=O) groups excluding carboxylic acids is 3. The Morgan fingerprint density at radius 1 is 1.28 bits per heavy atom. The molecule has 0 aliphatic carbocycles. The van der Waals surface area contributed by atoms with E-state index in [1.807, 2.05) is 43.4 Å². The van der Waals surface area contributed by atoms with Crippen molar-refractivity contribution in [2.24, 2.45) is 5.73 Å². The zero-order chi connectivity index (χ0) is 23.3. The number of nitrogens with one attached hydrogen (secondary N) is 2. The Balaban J connectivity index is 1.90. The zero-order valence-corrected chi connectivity index (χ0v) is 18.9. The third-order valence-electron chi connectivity index (χ3n) is 5.23. The summed E-state index contributed by atoms with van der Waals surface area (Å²) in [6.07, 6.45) is 7.95. The van der Waals surface area contributed by atoms with Gasteiger partial charge in [0.05, 0.1) is 20.1 Å². The second kappa shape index (κ2) is 13.3. The number of rotatable bonds is 10. The van der Waals surface area contributed by atoms with Crippen LogP contribution in [0.25, 0.3) is 0 Å². The standard InChI is InChI=1S/C24H34N4O4/c1-3-7-18(16-25)11-12-26-23(30)17-28-13-5-4-10-21(24(28)31)27-22(29)15-19-8-6-9-20(14-19)32-2/h3,6-9,11,14,21H,4-5,10,12-13,15-17,25H2,1-2H3,(H,26,30)(H,27,29)/b7-3-,18-11+. The molecule has 1 saturated heterocycles. The first kappa shape index (κ1) is 25.1. The van der Waals surface area contributed by atoms with Crippen LogP contribution in [0.2, 0.25) is 0 Å². The van der Waals surface area contributed by atoms with Crippen LogP contribution in [-0.4, -0.2) is 62.0 Å². The van der Waals surface area contributed by atoms with E-state index < -0.39 is 6.04 Å². The summed E-state index contributed by atoms with van der Waals surface area (Å²) in [4.78, 5) is 39.4. The van der Waals surface area contributed by atoms with E-state index in [1.54, 1.807) is 13.2 Å². The molecule has 1 heterocycles. The summed E-state index contributed by atoms with van der Waals surface area (Å²) >= 11 is 0. The fourth-order valence-electron chi connectivity index (χ4n) is 3.57. The van der Waals surface area contributed by atoms with E-state index in [4.69, 9.17) is 10.5 Å². The quantitative estimate of drug-likeness (QED) is 0.473. The van der Waals surface area contributed by atoms with Crippen molar-refractivity contribution in [2.45, 2.75) is 38.6 Å². The molecule has 1 aliphatic heterocycles. The molecule has 0 spiro atoms. The second-order valence-corrected chi connectivity index (χ2v) is 7.69. The van der Waals surface area contributed by atoms with Gasteiger partial charge in [0.2, 0.25) is 17.7 Å². The first-order valence-corrected chi connectivity index (χ1v) is 11.0. The van der Waals surface area contributed by atoms with Crippen LogP contribution in [-0.2, 0) is 20.8 Å². The molecule has 2 rings (SSSR count). The molecule has 32 heavy (non-hydrogen) atoms. The first-order chi connectivity index (χ1) is 15.5. The van der Waals surface area contributed by atoms with Crippen molar-refractivity contribution in [1.82, 2.24) is 15.5 Å². The van der Waals surface area contributed by atoms with E-state index in [9.17, 15) is 14.4 Å². The van der Waals surface area contributed by atoms with Gasteiger partial charge in [-0.1, -0.05) is 30.4 Å². The van der Waals surface area contributed by atoms with Crippen LogP contribution in [0, 0.1) is 0 Å². The van der Waals surface area contributed by atoms with E-state index in [-0.39, 0.29) is 30.7 Å². The molecule has 1 atom stereocenters. The van der Waals surface area contributed by atoms with E-state index in [1.165, 1.54) is 4.90 Å². The van der Waals surface area contributed by atoms with Crippen LogP contribution < -0.4 is 21.1 Å². The smallest absolute Gasteiger partial charge is 0.245 e. The number of likely N-dealkylation sites (tertiary alicyclic amines) is 1. The minimum Gasteiger partial charge on any atom is -0.497 e. The highest BCUT2D eigenvalue weighted by atomic mass is 16.5. The number of carbonyl (C=O) groups is 3. The number of amides is 3. The lowest BCUT2D eigenvalue weighted by Gasteiger charge is -2.24. The van der Waals surface area contributed by atoms with Crippen molar-refractivity contribution < 1.29 is 19.1 Å². The highest BCUT2D eigenvalue weighted by Gasteiger charge is 2.29. The lowest BCUT2D eigenvalue weighted by Crippen LogP contribution is -2.50.